The zero-order valence-corrected chi connectivity index (χ0v) is 7.59. The number of piperidine rings is 1. The van der Waals surface area contributed by atoms with Gasteiger partial charge in [-0.3, -0.25) is 4.79 Å². The average molecular weight is 172 g/mol. The molecule has 0 radical (unpaired) electrons. The minimum atomic E-state index is -0.149. The van der Waals surface area contributed by atoms with E-state index in [1.807, 2.05) is 7.05 Å². The highest BCUT2D eigenvalue weighted by molar-refractivity contribution is 5.75. The highest BCUT2D eigenvalue weighted by Gasteiger charge is 2.24. The quantitative estimate of drug-likeness (QED) is 0.551. The van der Waals surface area contributed by atoms with Crippen molar-refractivity contribution in [2.45, 2.75) is 24.9 Å². The first-order valence-corrected chi connectivity index (χ1v) is 4.26. The third-order valence-electron chi connectivity index (χ3n) is 2.31. The van der Waals surface area contributed by atoms with Gasteiger partial charge in [0.15, 0.2) is 0 Å². The van der Waals surface area contributed by atoms with E-state index in [2.05, 4.69) is 15.4 Å². The van der Waals surface area contributed by atoms with E-state index in [0.29, 0.717) is 6.04 Å². The van der Waals surface area contributed by atoms with Gasteiger partial charge in [-0.25, -0.2) is 0 Å². The van der Waals surface area contributed by atoms with Gasteiger partial charge in [-0.15, -0.1) is 0 Å². The minimum absolute atomic E-state index is 0.0976. The van der Waals surface area contributed by atoms with Crippen LogP contribution in [0.2, 0.25) is 0 Å². The number of hydrogen-bond donors (Lipinski definition) is 2. The van der Waals surface area contributed by atoms with Gasteiger partial charge >= 0.3 is 5.97 Å². The zero-order valence-electron chi connectivity index (χ0n) is 7.59. The lowest BCUT2D eigenvalue weighted by atomic mass is 10.0. The predicted molar refractivity (Wildman–Crippen MR) is 45.9 cm³/mol. The molecule has 0 spiro atoms. The molecule has 1 rings (SSSR count). The summed E-state index contributed by atoms with van der Waals surface area (Å²) in [7, 11) is 3.36. The average Bonchev–Trinajstić information content (AvgIpc) is 2.17. The van der Waals surface area contributed by atoms with Crippen LogP contribution in [-0.2, 0) is 9.53 Å². The lowest BCUT2D eigenvalue weighted by molar-refractivity contribution is -0.143. The van der Waals surface area contributed by atoms with Crippen molar-refractivity contribution in [3.63, 3.8) is 0 Å². The molecule has 0 aliphatic carbocycles. The zero-order chi connectivity index (χ0) is 8.97. The van der Waals surface area contributed by atoms with E-state index in [1.54, 1.807) is 0 Å². The number of carbonyl (C=O) groups is 1. The maximum atomic E-state index is 11.1. The number of likely N-dealkylation sites (N-methyl/N-ethyl adjacent to an activating group) is 1. The summed E-state index contributed by atoms with van der Waals surface area (Å²) in [6.07, 6.45) is 1.89. The van der Waals surface area contributed by atoms with Gasteiger partial charge in [0.1, 0.15) is 6.04 Å². The third-order valence-corrected chi connectivity index (χ3v) is 2.31. The van der Waals surface area contributed by atoms with Crippen LogP contribution < -0.4 is 10.6 Å². The molecule has 1 saturated heterocycles. The van der Waals surface area contributed by atoms with Gasteiger partial charge in [-0.1, -0.05) is 0 Å². The molecule has 0 aromatic heterocycles. The van der Waals surface area contributed by atoms with Crippen molar-refractivity contribution in [1.82, 2.24) is 10.6 Å². The van der Waals surface area contributed by atoms with Crippen LogP contribution in [0.4, 0.5) is 0 Å². The molecule has 2 N–H and O–H groups in total. The van der Waals surface area contributed by atoms with Crippen molar-refractivity contribution in [1.29, 1.82) is 0 Å². The van der Waals surface area contributed by atoms with Gasteiger partial charge in [0.05, 0.1) is 7.11 Å². The molecule has 0 amide bonds. The van der Waals surface area contributed by atoms with Crippen LogP contribution in [-0.4, -0.2) is 38.8 Å². The molecule has 0 aromatic rings. The fourth-order valence-corrected chi connectivity index (χ4v) is 1.45. The molecule has 2 atom stereocenters. The Morgan fingerprint density at radius 3 is 2.75 bits per heavy atom. The molecule has 0 bridgehead atoms. The molecule has 0 aromatic carbocycles. The summed E-state index contributed by atoms with van der Waals surface area (Å²) < 4.78 is 4.64. The standard InChI is InChI=1S/C8H16N2O2/c1-9-6-3-4-7(10-5-6)8(11)12-2/h6-7,9-10H,3-5H2,1-2H3/t6-,7+/m1/s1. The van der Waals surface area contributed by atoms with Crippen LogP contribution in [0.5, 0.6) is 0 Å². The molecular weight excluding hydrogens is 156 g/mol. The summed E-state index contributed by atoms with van der Waals surface area (Å²) in [5.74, 6) is -0.149. The van der Waals surface area contributed by atoms with E-state index in [1.165, 1.54) is 7.11 Å². The Bertz CT molecular complexity index is 153. The summed E-state index contributed by atoms with van der Waals surface area (Å²) >= 11 is 0. The third kappa shape index (κ3) is 2.19. The second-order valence-corrected chi connectivity index (χ2v) is 3.05. The van der Waals surface area contributed by atoms with Gasteiger partial charge in [-0.2, -0.15) is 0 Å². The van der Waals surface area contributed by atoms with E-state index >= 15 is 0 Å². The Hall–Kier alpha value is -0.610. The number of nitrogens with one attached hydrogen (secondary N) is 2. The molecule has 1 aliphatic rings. The molecule has 1 aliphatic heterocycles. The van der Waals surface area contributed by atoms with Crippen LogP contribution in [0.15, 0.2) is 0 Å². The summed E-state index contributed by atoms with van der Waals surface area (Å²) in [6, 6.07) is 0.394. The van der Waals surface area contributed by atoms with Gasteiger partial charge in [0.25, 0.3) is 0 Å². The molecule has 4 nitrogen and oxygen atoms in total. The first kappa shape index (κ1) is 9.48. The summed E-state index contributed by atoms with van der Waals surface area (Å²) in [5, 5.41) is 6.30. The molecule has 4 heteroatoms. The highest BCUT2D eigenvalue weighted by Crippen LogP contribution is 2.08. The minimum Gasteiger partial charge on any atom is -0.468 e. The van der Waals surface area contributed by atoms with Crippen LogP contribution in [0.3, 0.4) is 0 Å². The van der Waals surface area contributed by atoms with Crippen molar-refractivity contribution in [3.05, 3.63) is 0 Å². The number of methoxy groups -OCH3 is 1. The van der Waals surface area contributed by atoms with E-state index in [-0.39, 0.29) is 12.0 Å². The number of hydrogen-bond acceptors (Lipinski definition) is 4. The Labute approximate surface area is 72.7 Å². The summed E-state index contributed by atoms with van der Waals surface area (Å²) in [6.45, 7) is 0.844. The molecule has 1 heterocycles. The fraction of sp³-hybridized carbons (Fsp3) is 0.875. The highest BCUT2D eigenvalue weighted by atomic mass is 16.5. The van der Waals surface area contributed by atoms with Crippen LogP contribution in [0.1, 0.15) is 12.8 Å². The molecular formula is C8H16N2O2. The first-order valence-electron chi connectivity index (χ1n) is 4.26. The van der Waals surface area contributed by atoms with Gasteiger partial charge in [0, 0.05) is 12.6 Å². The van der Waals surface area contributed by atoms with Gasteiger partial charge < -0.3 is 15.4 Å². The van der Waals surface area contributed by atoms with Crippen LogP contribution in [0.25, 0.3) is 0 Å². The topological polar surface area (TPSA) is 50.4 Å². The van der Waals surface area contributed by atoms with E-state index in [0.717, 1.165) is 19.4 Å². The summed E-state index contributed by atoms with van der Waals surface area (Å²) in [5.41, 5.74) is 0. The molecule has 0 unspecified atom stereocenters. The van der Waals surface area contributed by atoms with Crippen molar-refractivity contribution < 1.29 is 9.53 Å². The smallest absolute Gasteiger partial charge is 0.322 e. The Balaban J connectivity index is 2.30. The number of carbonyl (C=O) groups excluding carboxylic acids is 1. The lowest BCUT2D eigenvalue weighted by Gasteiger charge is -2.27. The lowest BCUT2D eigenvalue weighted by Crippen LogP contribution is -2.50. The first-order chi connectivity index (χ1) is 5.77. The van der Waals surface area contributed by atoms with E-state index in [9.17, 15) is 4.79 Å². The van der Waals surface area contributed by atoms with Gasteiger partial charge in [-0.05, 0) is 19.9 Å². The second kappa shape index (κ2) is 4.42. The summed E-state index contributed by atoms with van der Waals surface area (Å²) in [4.78, 5) is 11.1. The van der Waals surface area contributed by atoms with E-state index in [4.69, 9.17) is 0 Å². The van der Waals surface area contributed by atoms with Crippen molar-refractivity contribution in [2.24, 2.45) is 0 Å². The van der Waals surface area contributed by atoms with Crippen molar-refractivity contribution in [3.8, 4) is 0 Å². The molecule has 1 fully saturated rings. The Morgan fingerprint density at radius 2 is 2.33 bits per heavy atom. The number of rotatable bonds is 2. The Kier molecular flexibility index (Phi) is 3.49. The largest absolute Gasteiger partial charge is 0.468 e. The van der Waals surface area contributed by atoms with Crippen LogP contribution in [0, 0.1) is 0 Å². The van der Waals surface area contributed by atoms with Gasteiger partial charge in [0.2, 0.25) is 0 Å². The monoisotopic (exact) mass is 172 g/mol. The fourth-order valence-electron chi connectivity index (χ4n) is 1.45. The SMILES string of the molecule is CN[C@@H]1CC[C@@H](C(=O)OC)NC1. The second-order valence-electron chi connectivity index (χ2n) is 3.05. The molecule has 12 heavy (non-hydrogen) atoms. The number of esters is 1. The van der Waals surface area contributed by atoms with Crippen molar-refractivity contribution >= 4 is 5.97 Å². The predicted octanol–water partition coefficient (Wildman–Crippen LogP) is -0.501. The molecule has 70 valence electrons. The number of ether oxygens (including phenoxy) is 1. The maximum absolute atomic E-state index is 11.1. The van der Waals surface area contributed by atoms with Crippen LogP contribution >= 0.6 is 0 Å². The van der Waals surface area contributed by atoms with Crippen molar-refractivity contribution in [2.75, 3.05) is 20.7 Å². The molecule has 0 saturated carbocycles. The maximum Gasteiger partial charge on any atom is 0.322 e. The Morgan fingerprint density at radius 1 is 1.58 bits per heavy atom. The van der Waals surface area contributed by atoms with E-state index < -0.39 is 0 Å². The normalized spacial score (nSPS) is 29.8.